The maximum Gasteiger partial charge on any atom is 0.250 e. The molecule has 0 spiro atoms. The summed E-state index contributed by atoms with van der Waals surface area (Å²) in [6.07, 6.45) is 3.55. The van der Waals surface area contributed by atoms with Crippen molar-refractivity contribution >= 4 is 57.0 Å². The summed E-state index contributed by atoms with van der Waals surface area (Å²) in [6.45, 7) is 0. The Morgan fingerprint density at radius 1 is 1.18 bits per heavy atom. The second-order valence-corrected chi connectivity index (χ2v) is 8.50. The molecule has 28 heavy (non-hydrogen) atoms. The van der Waals surface area contributed by atoms with Gasteiger partial charge < -0.3 is 4.57 Å². The molecule has 0 atom stereocenters. The van der Waals surface area contributed by atoms with Crippen molar-refractivity contribution in [3.63, 3.8) is 0 Å². The monoisotopic (exact) mass is 426 g/mol. The Hall–Kier alpha value is -2.61. The van der Waals surface area contributed by atoms with E-state index >= 15 is 0 Å². The third-order valence-electron chi connectivity index (χ3n) is 3.87. The molecule has 140 valence electrons. The van der Waals surface area contributed by atoms with Crippen LogP contribution in [0.1, 0.15) is 5.69 Å². The number of para-hydroxylation sites is 1. The predicted octanol–water partition coefficient (Wildman–Crippen LogP) is 4.98. The van der Waals surface area contributed by atoms with E-state index in [1.54, 1.807) is 17.6 Å². The zero-order valence-electron chi connectivity index (χ0n) is 14.6. The minimum atomic E-state index is -0.176. The number of thioether (sulfide) groups is 1. The average molecular weight is 427 g/mol. The SMILES string of the molecule is O=C(CSc1nc2ccccc2s1)N/N=C/c1cccn1-c1ccc(Cl)cc1. The van der Waals surface area contributed by atoms with Crippen molar-refractivity contribution in [3.8, 4) is 5.69 Å². The molecule has 2 aromatic heterocycles. The van der Waals surface area contributed by atoms with Gasteiger partial charge in [-0.15, -0.1) is 11.3 Å². The van der Waals surface area contributed by atoms with Gasteiger partial charge in [-0.3, -0.25) is 4.79 Å². The number of aromatic nitrogens is 2. The number of thiazole rings is 1. The van der Waals surface area contributed by atoms with Gasteiger partial charge in [0.05, 0.1) is 27.9 Å². The van der Waals surface area contributed by atoms with Crippen LogP contribution in [0, 0.1) is 0 Å². The number of hydrogen-bond donors (Lipinski definition) is 1. The van der Waals surface area contributed by atoms with E-state index in [1.807, 2.05) is 71.4 Å². The van der Waals surface area contributed by atoms with Crippen molar-refractivity contribution in [1.82, 2.24) is 15.0 Å². The molecule has 0 aliphatic heterocycles. The Kier molecular flexibility index (Phi) is 5.76. The molecule has 0 bridgehead atoms. The number of hydrogen-bond acceptors (Lipinski definition) is 5. The van der Waals surface area contributed by atoms with Gasteiger partial charge in [0.25, 0.3) is 5.91 Å². The van der Waals surface area contributed by atoms with Crippen LogP contribution in [0.2, 0.25) is 5.02 Å². The summed E-state index contributed by atoms with van der Waals surface area (Å²) in [4.78, 5) is 16.6. The number of nitrogens with zero attached hydrogens (tertiary/aromatic N) is 3. The Labute approximate surface area is 175 Å². The molecule has 5 nitrogen and oxygen atoms in total. The zero-order chi connectivity index (χ0) is 19.3. The third-order valence-corrected chi connectivity index (χ3v) is 6.30. The molecule has 0 aliphatic carbocycles. The first-order chi connectivity index (χ1) is 13.7. The molecule has 0 radical (unpaired) electrons. The van der Waals surface area contributed by atoms with Crippen molar-refractivity contribution < 1.29 is 4.79 Å². The molecule has 0 saturated carbocycles. The fraction of sp³-hybridized carbons (Fsp3) is 0.0500. The molecule has 4 aromatic rings. The van der Waals surface area contributed by atoms with Gasteiger partial charge in [-0.2, -0.15) is 5.10 Å². The minimum Gasteiger partial charge on any atom is -0.316 e. The number of rotatable bonds is 6. The van der Waals surface area contributed by atoms with Crippen LogP contribution in [0.15, 0.2) is 76.3 Å². The number of benzene rings is 2. The topological polar surface area (TPSA) is 59.3 Å². The summed E-state index contributed by atoms with van der Waals surface area (Å²) < 4.78 is 3.95. The Morgan fingerprint density at radius 2 is 2.00 bits per heavy atom. The lowest BCUT2D eigenvalue weighted by Crippen LogP contribution is -2.19. The van der Waals surface area contributed by atoms with Crippen LogP contribution in [-0.4, -0.2) is 27.4 Å². The maximum atomic E-state index is 12.1. The number of amides is 1. The highest BCUT2D eigenvalue weighted by Gasteiger charge is 2.07. The molecule has 4 rings (SSSR count). The van der Waals surface area contributed by atoms with Crippen LogP contribution in [0.25, 0.3) is 15.9 Å². The van der Waals surface area contributed by atoms with Crippen LogP contribution in [0.3, 0.4) is 0 Å². The summed E-state index contributed by atoms with van der Waals surface area (Å²) in [6, 6.07) is 19.3. The molecule has 1 N–H and O–H groups in total. The van der Waals surface area contributed by atoms with E-state index in [-0.39, 0.29) is 11.7 Å². The Bertz CT molecular complexity index is 1100. The van der Waals surface area contributed by atoms with Gasteiger partial charge in [0, 0.05) is 16.9 Å². The van der Waals surface area contributed by atoms with Gasteiger partial charge in [0.1, 0.15) is 0 Å². The molecular formula is C20H15ClN4OS2. The first-order valence-corrected chi connectivity index (χ1v) is 10.6. The number of hydrazone groups is 1. The van der Waals surface area contributed by atoms with Crippen LogP contribution in [0.5, 0.6) is 0 Å². The van der Waals surface area contributed by atoms with E-state index in [2.05, 4.69) is 15.5 Å². The van der Waals surface area contributed by atoms with Crippen molar-refractivity contribution in [2.45, 2.75) is 4.34 Å². The molecule has 2 heterocycles. The van der Waals surface area contributed by atoms with Gasteiger partial charge in [0.2, 0.25) is 0 Å². The molecule has 0 aliphatic rings. The van der Waals surface area contributed by atoms with Gasteiger partial charge in [-0.25, -0.2) is 10.4 Å². The van der Waals surface area contributed by atoms with Gasteiger partial charge in [-0.1, -0.05) is 35.5 Å². The summed E-state index contributed by atoms with van der Waals surface area (Å²) >= 11 is 8.93. The molecule has 0 fully saturated rings. The van der Waals surface area contributed by atoms with E-state index in [4.69, 9.17) is 11.6 Å². The summed E-state index contributed by atoms with van der Waals surface area (Å²) in [5, 5.41) is 4.76. The van der Waals surface area contributed by atoms with Crippen molar-refractivity contribution in [2.75, 3.05) is 5.75 Å². The lowest BCUT2D eigenvalue weighted by atomic mass is 10.3. The highest BCUT2D eigenvalue weighted by Crippen LogP contribution is 2.29. The number of nitrogens with one attached hydrogen (secondary N) is 1. The van der Waals surface area contributed by atoms with Crippen LogP contribution in [-0.2, 0) is 4.79 Å². The second-order valence-electron chi connectivity index (χ2n) is 5.81. The van der Waals surface area contributed by atoms with Crippen molar-refractivity contribution in [3.05, 3.63) is 77.6 Å². The lowest BCUT2D eigenvalue weighted by Gasteiger charge is -2.06. The van der Waals surface area contributed by atoms with E-state index in [9.17, 15) is 4.79 Å². The lowest BCUT2D eigenvalue weighted by molar-refractivity contribution is -0.118. The number of carbonyl (C=O) groups excluding carboxylic acids is 1. The number of fused-ring (bicyclic) bond motifs is 1. The Morgan fingerprint density at radius 3 is 2.82 bits per heavy atom. The van der Waals surface area contributed by atoms with Gasteiger partial charge in [-0.05, 0) is 48.5 Å². The largest absolute Gasteiger partial charge is 0.316 e. The van der Waals surface area contributed by atoms with E-state index in [1.165, 1.54) is 11.8 Å². The first-order valence-electron chi connectivity index (χ1n) is 8.42. The fourth-order valence-corrected chi connectivity index (χ4v) is 4.57. The molecule has 0 unspecified atom stereocenters. The summed E-state index contributed by atoms with van der Waals surface area (Å²) in [7, 11) is 0. The fourth-order valence-electron chi connectivity index (χ4n) is 2.58. The molecule has 2 aromatic carbocycles. The van der Waals surface area contributed by atoms with Gasteiger partial charge in [0.15, 0.2) is 4.34 Å². The summed E-state index contributed by atoms with van der Waals surface area (Å²) in [5.41, 5.74) is 5.33. The molecule has 8 heteroatoms. The average Bonchev–Trinajstić information content (AvgIpc) is 3.33. The van der Waals surface area contributed by atoms with Crippen molar-refractivity contribution in [2.24, 2.45) is 5.10 Å². The zero-order valence-corrected chi connectivity index (χ0v) is 17.0. The predicted molar refractivity (Wildman–Crippen MR) is 117 cm³/mol. The molecule has 1 amide bonds. The quantitative estimate of drug-likeness (QED) is 0.268. The van der Waals surface area contributed by atoms with Crippen LogP contribution >= 0.6 is 34.7 Å². The van der Waals surface area contributed by atoms with E-state index < -0.39 is 0 Å². The van der Waals surface area contributed by atoms with Crippen LogP contribution in [0.4, 0.5) is 0 Å². The second kappa shape index (κ2) is 8.60. The van der Waals surface area contributed by atoms with E-state index in [0.29, 0.717) is 5.02 Å². The minimum absolute atomic E-state index is 0.176. The first kappa shape index (κ1) is 18.7. The summed E-state index contributed by atoms with van der Waals surface area (Å²) in [5.74, 6) is 0.0835. The van der Waals surface area contributed by atoms with E-state index in [0.717, 1.165) is 25.9 Å². The van der Waals surface area contributed by atoms with Gasteiger partial charge >= 0.3 is 0 Å². The normalized spacial score (nSPS) is 11.3. The van der Waals surface area contributed by atoms with Crippen LogP contribution < -0.4 is 5.43 Å². The standard InChI is InChI=1S/C20H15ClN4OS2/c21-14-7-9-15(10-8-14)25-11-3-4-16(25)12-22-24-19(26)13-27-20-23-17-5-1-2-6-18(17)28-20/h1-12H,13H2,(H,24,26)/b22-12+. The highest BCUT2D eigenvalue weighted by molar-refractivity contribution is 8.01. The highest BCUT2D eigenvalue weighted by atomic mass is 35.5. The van der Waals surface area contributed by atoms with Crippen molar-refractivity contribution in [1.29, 1.82) is 0 Å². The maximum absolute atomic E-state index is 12.1. The number of carbonyl (C=O) groups is 1. The number of halogens is 1. The third kappa shape index (κ3) is 4.44. The molecular weight excluding hydrogens is 412 g/mol. The Balaban J connectivity index is 1.34. The molecule has 0 saturated heterocycles. The smallest absolute Gasteiger partial charge is 0.250 e.